The first-order valence-electron chi connectivity index (χ1n) is 5.80. The van der Waals surface area contributed by atoms with E-state index in [2.05, 4.69) is 12.2 Å². The molecule has 1 unspecified atom stereocenters. The van der Waals surface area contributed by atoms with E-state index in [4.69, 9.17) is 9.84 Å². The highest BCUT2D eigenvalue weighted by molar-refractivity contribution is 5.35. The Kier molecular flexibility index (Phi) is 5.90. The van der Waals surface area contributed by atoms with Crippen LogP contribution in [0, 0.1) is 0 Å². The number of benzene rings is 1. The van der Waals surface area contributed by atoms with Gasteiger partial charge in [-0.15, -0.1) is 0 Å². The average molecular weight is 223 g/mol. The minimum absolute atomic E-state index is 0.168. The number of ether oxygens (including phenoxy) is 1. The zero-order valence-electron chi connectivity index (χ0n) is 10.1. The molecule has 0 aliphatic heterocycles. The first-order chi connectivity index (χ1) is 7.83. The Bertz CT molecular complexity index is 302. The van der Waals surface area contributed by atoms with E-state index in [1.54, 1.807) is 7.11 Å². The second kappa shape index (κ2) is 7.25. The fraction of sp³-hybridized carbons (Fsp3) is 0.538. The van der Waals surface area contributed by atoms with Crippen LogP contribution in [0.1, 0.15) is 31.4 Å². The zero-order valence-corrected chi connectivity index (χ0v) is 10.1. The molecule has 16 heavy (non-hydrogen) atoms. The molecule has 0 aliphatic carbocycles. The van der Waals surface area contributed by atoms with E-state index < -0.39 is 0 Å². The Morgan fingerprint density at radius 3 is 2.75 bits per heavy atom. The lowest BCUT2D eigenvalue weighted by Crippen LogP contribution is -2.23. The SMILES string of the molecule is CCCNC(CCO)c1ccccc1OC. The lowest BCUT2D eigenvalue weighted by Gasteiger charge is -2.20. The summed E-state index contributed by atoms with van der Waals surface area (Å²) in [4.78, 5) is 0. The van der Waals surface area contributed by atoms with Crippen LogP contribution < -0.4 is 10.1 Å². The standard InChI is InChI=1S/C13H21NO2/c1-3-9-14-12(8-10-15)11-6-4-5-7-13(11)16-2/h4-7,12,14-15H,3,8-10H2,1-2H3. The van der Waals surface area contributed by atoms with Crippen molar-refractivity contribution < 1.29 is 9.84 Å². The number of methoxy groups -OCH3 is 1. The second-order valence-electron chi connectivity index (χ2n) is 3.76. The molecule has 0 aliphatic rings. The number of hydrogen-bond acceptors (Lipinski definition) is 3. The van der Waals surface area contributed by atoms with Gasteiger partial charge in [0.2, 0.25) is 0 Å². The highest BCUT2D eigenvalue weighted by atomic mass is 16.5. The summed E-state index contributed by atoms with van der Waals surface area (Å²) in [6.45, 7) is 3.26. The summed E-state index contributed by atoms with van der Waals surface area (Å²) in [6.07, 6.45) is 1.79. The van der Waals surface area contributed by atoms with Gasteiger partial charge in [0.25, 0.3) is 0 Å². The molecular formula is C13H21NO2. The highest BCUT2D eigenvalue weighted by Crippen LogP contribution is 2.26. The molecule has 0 saturated carbocycles. The zero-order chi connectivity index (χ0) is 11.8. The predicted octanol–water partition coefficient (Wildman–Crippen LogP) is 2.12. The van der Waals surface area contributed by atoms with Crippen molar-refractivity contribution in [2.75, 3.05) is 20.3 Å². The molecule has 3 nitrogen and oxygen atoms in total. The van der Waals surface area contributed by atoms with Crippen molar-refractivity contribution in [3.05, 3.63) is 29.8 Å². The maximum absolute atomic E-state index is 9.08. The molecule has 1 rings (SSSR count). The van der Waals surface area contributed by atoms with Crippen molar-refractivity contribution in [2.24, 2.45) is 0 Å². The van der Waals surface area contributed by atoms with Crippen LogP contribution in [0.15, 0.2) is 24.3 Å². The molecule has 0 bridgehead atoms. The molecule has 0 amide bonds. The van der Waals surface area contributed by atoms with Gasteiger partial charge >= 0.3 is 0 Å². The molecule has 0 heterocycles. The lowest BCUT2D eigenvalue weighted by atomic mass is 10.0. The summed E-state index contributed by atoms with van der Waals surface area (Å²) in [5.41, 5.74) is 1.12. The van der Waals surface area contributed by atoms with Crippen molar-refractivity contribution in [1.29, 1.82) is 0 Å². The third-order valence-electron chi connectivity index (χ3n) is 2.57. The molecule has 1 aromatic carbocycles. The van der Waals surface area contributed by atoms with Gasteiger partial charge in [-0.05, 0) is 25.5 Å². The van der Waals surface area contributed by atoms with Crippen LogP contribution in [-0.4, -0.2) is 25.4 Å². The second-order valence-corrected chi connectivity index (χ2v) is 3.76. The summed E-state index contributed by atoms with van der Waals surface area (Å²) in [5.74, 6) is 0.879. The lowest BCUT2D eigenvalue weighted by molar-refractivity contribution is 0.263. The normalized spacial score (nSPS) is 12.4. The fourth-order valence-electron chi connectivity index (χ4n) is 1.77. The van der Waals surface area contributed by atoms with Crippen molar-refractivity contribution in [1.82, 2.24) is 5.32 Å². The number of para-hydroxylation sites is 1. The average Bonchev–Trinajstić information content (AvgIpc) is 2.34. The van der Waals surface area contributed by atoms with Crippen LogP contribution in [0.4, 0.5) is 0 Å². The van der Waals surface area contributed by atoms with E-state index in [0.29, 0.717) is 6.42 Å². The molecule has 3 heteroatoms. The van der Waals surface area contributed by atoms with Gasteiger partial charge in [0.05, 0.1) is 7.11 Å². The first kappa shape index (κ1) is 13.0. The Labute approximate surface area is 97.4 Å². The molecule has 0 radical (unpaired) electrons. The van der Waals surface area contributed by atoms with Crippen LogP contribution in [0.2, 0.25) is 0 Å². The van der Waals surface area contributed by atoms with Crippen molar-refractivity contribution >= 4 is 0 Å². The third kappa shape index (κ3) is 3.51. The number of aliphatic hydroxyl groups is 1. The van der Waals surface area contributed by atoms with Gasteiger partial charge in [-0.3, -0.25) is 0 Å². The maximum atomic E-state index is 9.08. The Morgan fingerprint density at radius 1 is 1.38 bits per heavy atom. The molecule has 0 aromatic heterocycles. The van der Waals surface area contributed by atoms with E-state index in [1.807, 2.05) is 24.3 Å². The maximum Gasteiger partial charge on any atom is 0.123 e. The summed E-state index contributed by atoms with van der Waals surface area (Å²) >= 11 is 0. The van der Waals surface area contributed by atoms with E-state index in [1.165, 1.54) is 0 Å². The quantitative estimate of drug-likeness (QED) is 0.744. The number of aliphatic hydroxyl groups excluding tert-OH is 1. The summed E-state index contributed by atoms with van der Waals surface area (Å²) in [7, 11) is 1.68. The van der Waals surface area contributed by atoms with Gasteiger partial charge in [0, 0.05) is 18.2 Å². The molecule has 0 spiro atoms. The summed E-state index contributed by atoms with van der Waals surface area (Å²) < 4.78 is 5.33. The van der Waals surface area contributed by atoms with Gasteiger partial charge in [-0.1, -0.05) is 25.1 Å². The van der Waals surface area contributed by atoms with Gasteiger partial charge in [0.1, 0.15) is 5.75 Å². The van der Waals surface area contributed by atoms with E-state index >= 15 is 0 Å². The van der Waals surface area contributed by atoms with Crippen molar-refractivity contribution in [3.8, 4) is 5.75 Å². The smallest absolute Gasteiger partial charge is 0.123 e. The van der Waals surface area contributed by atoms with Crippen LogP contribution in [0.5, 0.6) is 5.75 Å². The molecule has 90 valence electrons. The van der Waals surface area contributed by atoms with Crippen LogP contribution in [0.3, 0.4) is 0 Å². The van der Waals surface area contributed by atoms with Crippen LogP contribution >= 0.6 is 0 Å². The van der Waals surface area contributed by atoms with E-state index in [0.717, 1.165) is 24.3 Å². The number of hydrogen-bond donors (Lipinski definition) is 2. The Morgan fingerprint density at radius 2 is 2.12 bits per heavy atom. The topological polar surface area (TPSA) is 41.5 Å². The molecule has 0 fully saturated rings. The Hall–Kier alpha value is -1.06. The van der Waals surface area contributed by atoms with Gasteiger partial charge in [0.15, 0.2) is 0 Å². The molecule has 2 N–H and O–H groups in total. The largest absolute Gasteiger partial charge is 0.496 e. The van der Waals surface area contributed by atoms with Gasteiger partial charge in [-0.25, -0.2) is 0 Å². The van der Waals surface area contributed by atoms with Gasteiger partial charge < -0.3 is 15.2 Å². The fourth-order valence-corrected chi connectivity index (χ4v) is 1.77. The molecule has 1 aromatic rings. The summed E-state index contributed by atoms with van der Waals surface area (Å²) in [5, 5.41) is 12.5. The van der Waals surface area contributed by atoms with Crippen LogP contribution in [0.25, 0.3) is 0 Å². The minimum atomic E-state index is 0.168. The monoisotopic (exact) mass is 223 g/mol. The van der Waals surface area contributed by atoms with E-state index in [9.17, 15) is 0 Å². The predicted molar refractivity (Wildman–Crippen MR) is 65.7 cm³/mol. The highest BCUT2D eigenvalue weighted by Gasteiger charge is 2.13. The first-order valence-corrected chi connectivity index (χ1v) is 5.80. The summed E-state index contributed by atoms with van der Waals surface area (Å²) in [6, 6.07) is 8.12. The van der Waals surface area contributed by atoms with E-state index in [-0.39, 0.29) is 12.6 Å². The van der Waals surface area contributed by atoms with Gasteiger partial charge in [-0.2, -0.15) is 0 Å². The molecule has 1 atom stereocenters. The number of nitrogens with one attached hydrogen (secondary N) is 1. The molecule has 0 saturated heterocycles. The number of rotatable bonds is 7. The third-order valence-corrected chi connectivity index (χ3v) is 2.57. The molecular weight excluding hydrogens is 202 g/mol. The minimum Gasteiger partial charge on any atom is -0.496 e. The van der Waals surface area contributed by atoms with Crippen LogP contribution in [-0.2, 0) is 0 Å². The van der Waals surface area contributed by atoms with Crippen molar-refractivity contribution in [3.63, 3.8) is 0 Å². The van der Waals surface area contributed by atoms with Crippen molar-refractivity contribution in [2.45, 2.75) is 25.8 Å². The Balaban J connectivity index is 2.81.